The number of rotatable bonds is 6. The van der Waals surface area contributed by atoms with Crippen LogP contribution in [0.1, 0.15) is 30.6 Å². The van der Waals surface area contributed by atoms with E-state index >= 15 is 0 Å². The Balaban J connectivity index is 1.72. The zero-order valence-electron chi connectivity index (χ0n) is 17.6. The van der Waals surface area contributed by atoms with Crippen LogP contribution in [0.25, 0.3) is 33.5 Å². The van der Waals surface area contributed by atoms with Crippen molar-refractivity contribution in [1.29, 1.82) is 0 Å². The Morgan fingerprint density at radius 1 is 1.19 bits per heavy atom. The van der Waals surface area contributed by atoms with Gasteiger partial charge in [-0.2, -0.15) is 0 Å². The summed E-state index contributed by atoms with van der Waals surface area (Å²) < 4.78 is 5.36. The third-order valence-electron chi connectivity index (χ3n) is 5.26. The number of carbonyl (C=O) groups is 1. The lowest BCUT2D eigenvalue weighted by molar-refractivity contribution is 0.0939. The standard InChI is InChI=1S/C24H24N4O3/c1-4-14(2)26-23(30)16-7-9-19-20(13-16)28-22(27-19)18-12-15(8-10-21(18)29)17-6-5-11-25-24(17)31-3/h5-14,29H,4H2,1-3H3,(H,26,30)(H,27,28). The maximum Gasteiger partial charge on any atom is 0.251 e. The molecule has 158 valence electrons. The average molecular weight is 416 g/mol. The zero-order chi connectivity index (χ0) is 22.0. The first-order valence-corrected chi connectivity index (χ1v) is 10.1. The molecule has 0 saturated heterocycles. The molecule has 2 heterocycles. The first-order chi connectivity index (χ1) is 15.0. The minimum atomic E-state index is -0.130. The Bertz CT molecular complexity index is 1250. The minimum absolute atomic E-state index is 0.0976. The molecule has 0 aliphatic heterocycles. The van der Waals surface area contributed by atoms with Gasteiger partial charge in [-0.15, -0.1) is 0 Å². The van der Waals surface area contributed by atoms with Crippen LogP contribution < -0.4 is 10.1 Å². The summed E-state index contributed by atoms with van der Waals surface area (Å²) in [6, 6.07) is 14.4. The average Bonchev–Trinajstić information content (AvgIpc) is 3.22. The summed E-state index contributed by atoms with van der Waals surface area (Å²) in [5, 5.41) is 13.4. The number of H-pyrrole nitrogens is 1. The second-order valence-corrected chi connectivity index (χ2v) is 7.39. The number of pyridine rings is 1. The van der Waals surface area contributed by atoms with E-state index in [1.54, 1.807) is 37.6 Å². The molecule has 0 fully saturated rings. The fraction of sp³-hybridized carbons (Fsp3) is 0.208. The number of amides is 1. The van der Waals surface area contributed by atoms with Gasteiger partial charge in [-0.05, 0) is 61.4 Å². The summed E-state index contributed by atoms with van der Waals surface area (Å²) in [6.07, 6.45) is 2.52. The van der Waals surface area contributed by atoms with Gasteiger partial charge in [-0.25, -0.2) is 9.97 Å². The normalized spacial score (nSPS) is 12.0. The van der Waals surface area contributed by atoms with Crippen LogP contribution in [0.3, 0.4) is 0 Å². The number of aromatic hydroxyl groups is 1. The number of benzene rings is 2. The Kier molecular flexibility index (Phi) is 5.58. The molecular formula is C24H24N4O3. The highest BCUT2D eigenvalue weighted by Crippen LogP contribution is 2.35. The number of aromatic amines is 1. The van der Waals surface area contributed by atoms with Crippen LogP contribution in [0.2, 0.25) is 0 Å². The summed E-state index contributed by atoms with van der Waals surface area (Å²) in [7, 11) is 1.57. The molecule has 1 amide bonds. The molecule has 2 aromatic carbocycles. The zero-order valence-corrected chi connectivity index (χ0v) is 17.6. The number of methoxy groups -OCH3 is 1. The SMILES string of the molecule is CCC(C)NC(=O)c1ccc2[nH]c(-c3cc(-c4cccnc4OC)ccc3O)nc2c1. The van der Waals surface area contributed by atoms with E-state index in [2.05, 4.69) is 20.3 Å². The number of aromatic nitrogens is 3. The number of fused-ring (bicyclic) bond motifs is 1. The smallest absolute Gasteiger partial charge is 0.251 e. The Morgan fingerprint density at radius 2 is 2.03 bits per heavy atom. The van der Waals surface area contributed by atoms with Gasteiger partial charge in [0.2, 0.25) is 5.88 Å². The monoisotopic (exact) mass is 416 g/mol. The molecule has 0 aliphatic rings. The van der Waals surface area contributed by atoms with Crippen molar-refractivity contribution >= 4 is 16.9 Å². The van der Waals surface area contributed by atoms with E-state index in [4.69, 9.17) is 4.74 Å². The van der Waals surface area contributed by atoms with Crippen LogP contribution in [0.5, 0.6) is 11.6 Å². The molecule has 0 aliphatic carbocycles. The molecular weight excluding hydrogens is 392 g/mol. The van der Waals surface area contributed by atoms with Crippen molar-refractivity contribution in [2.45, 2.75) is 26.3 Å². The maximum absolute atomic E-state index is 12.4. The third-order valence-corrected chi connectivity index (χ3v) is 5.26. The molecule has 2 aromatic heterocycles. The molecule has 1 atom stereocenters. The summed E-state index contributed by atoms with van der Waals surface area (Å²) >= 11 is 0. The second-order valence-electron chi connectivity index (χ2n) is 7.39. The van der Waals surface area contributed by atoms with E-state index in [0.29, 0.717) is 28.3 Å². The highest BCUT2D eigenvalue weighted by Gasteiger charge is 2.15. The number of imidazole rings is 1. The van der Waals surface area contributed by atoms with Gasteiger partial charge in [-0.3, -0.25) is 4.79 Å². The molecule has 7 heteroatoms. The molecule has 7 nitrogen and oxygen atoms in total. The lowest BCUT2D eigenvalue weighted by Gasteiger charge is -2.10. The molecule has 0 radical (unpaired) electrons. The summed E-state index contributed by atoms with van der Waals surface area (Å²) in [5.41, 5.74) is 4.17. The second kappa shape index (κ2) is 8.47. The number of phenolic OH excluding ortho intramolecular Hbond substituents is 1. The van der Waals surface area contributed by atoms with Gasteiger partial charge in [0.15, 0.2) is 0 Å². The van der Waals surface area contributed by atoms with E-state index in [1.165, 1.54) is 0 Å². The van der Waals surface area contributed by atoms with Crippen molar-refractivity contribution in [2.24, 2.45) is 0 Å². The lowest BCUT2D eigenvalue weighted by Crippen LogP contribution is -2.31. The predicted octanol–water partition coefficient (Wildman–Crippen LogP) is 4.53. The van der Waals surface area contributed by atoms with Gasteiger partial charge in [-0.1, -0.05) is 13.0 Å². The minimum Gasteiger partial charge on any atom is -0.507 e. The van der Waals surface area contributed by atoms with Crippen molar-refractivity contribution in [3.8, 4) is 34.1 Å². The van der Waals surface area contributed by atoms with Crippen molar-refractivity contribution < 1.29 is 14.6 Å². The van der Waals surface area contributed by atoms with Gasteiger partial charge in [0, 0.05) is 23.4 Å². The van der Waals surface area contributed by atoms with Gasteiger partial charge in [0.05, 0.1) is 23.7 Å². The van der Waals surface area contributed by atoms with E-state index < -0.39 is 0 Å². The first-order valence-electron chi connectivity index (χ1n) is 10.1. The van der Waals surface area contributed by atoms with E-state index in [0.717, 1.165) is 23.1 Å². The maximum atomic E-state index is 12.4. The number of carbonyl (C=O) groups excluding carboxylic acids is 1. The van der Waals surface area contributed by atoms with Crippen molar-refractivity contribution in [1.82, 2.24) is 20.3 Å². The predicted molar refractivity (Wildman–Crippen MR) is 120 cm³/mol. The highest BCUT2D eigenvalue weighted by molar-refractivity contribution is 5.98. The van der Waals surface area contributed by atoms with Crippen LogP contribution in [-0.4, -0.2) is 39.1 Å². The molecule has 4 aromatic rings. The summed E-state index contributed by atoms with van der Waals surface area (Å²) in [5.74, 6) is 0.979. The number of ether oxygens (including phenoxy) is 1. The Morgan fingerprint density at radius 3 is 2.81 bits per heavy atom. The van der Waals surface area contributed by atoms with Crippen LogP contribution in [0.4, 0.5) is 0 Å². The van der Waals surface area contributed by atoms with Crippen molar-refractivity contribution in [2.75, 3.05) is 7.11 Å². The molecule has 0 spiro atoms. The molecule has 31 heavy (non-hydrogen) atoms. The van der Waals surface area contributed by atoms with Crippen molar-refractivity contribution in [3.05, 3.63) is 60.3 Å². The number of nitrogens with one attached hydrogen (secondary N) is 2. The first kappa shape index (κ1) is 20.4. The molecule has 0 saturated carbocycles. The van der Waals surface area contributed by atoms with Crippen LogP contribution in [0.15, 0.2) is 54.7 Å². The topological polar surface area (TPSA) is 100 Å². The number of hydrogen-bond donors (Lipinski definition) is 3. The molecule has 1 unspecified atom stereocenters. The Labute approximate surface area is 180 Å². The quantitative estimate of drug-likeness (QED) is 0.429. The van der Waals surface area contributed by atoms with E-state index in [-0.39, 0.29) is 17.7 Å². The largest absolute Gasteiger partial charge is 0.507 e. The van der Waals surface area contributed by atoms with Crippen LogP contribution in [0, 0.1) is 0 Å². The molecule has 0 bridgehead atoms. The number of hydrogen-bond acceptors (Lipinski definition) is 5. The fourth-order valence-electron chi connectivity index (χ4n) is 3.35. The fourth-order valence-corrected chi connectivity index (χ4v) is 3.35. The summed E-state index contributed by atoms with van der Waals surface area (Å²) in [6.45, 7) is 3.99. The number of phenols is 1. The molecule has 4 rings (SSSR count). The molecule has 3 N–H and O–H groups in total. The van der Waals surface area contributed by atoms with Gasteiger partial charge < -0.3 is 20.1 Å². The van der Waals surface area contributed by atoms with Gasteiger partial charge >= 0.3 is 0 Å². The van der Waals surface area contributed by atoms with E-state index in [9.17, 15) is 9.90 Å². The van der Waals surface area contributed by atoms with Crippen LogP contribution >= 0.6 is 0 Å². The Hall–Kier alpha value is -3.87. The number of nitrogens with zero attached hydrogens (tertiary/aromatic N) is 2. The van der Waals surface area contributed by atoms with Gasteiger partial charge in [0.1, 0.15) is 11.6 Å². The van der Waals surface area contributed by atoms with Crippen LogP contribution in [-0.2, 0) is 0 Å². The lowest BCUT2D eigenvalue weighted by atomic mass is 10.0. The summed E-state index contributed by atoms with van der Waals surface area (Å²) in [4.78, 5) is 24.5. The third kappa shape index (κ3) is 4.07. The van der Waals surface area contributed by atoms with Gasteiger partial charge in [0.25, 0.3) is 5.91 Å². The van der Waals surface area contributed by atoms with Crippen molar-refractivity contribution in [3.63, 3.8) is 0 Å². The van der Waals surface area contributed by atoms with E-state index in [1.807, 2.05) is 38.1 Å². The highest BCUT2D eigenvalue weighted by atomic mass is 16.5.